The summed E-state index contributed by atoms with van der Waals surface area (Å²) >= 11 is 0. The molecule has 0 bridgehead atoms. The van der Waals surface area contributed by atoms with Crippen LogP contribution >= 0.6 is 0 Å². The lowest BCUT2D eigenvalue weighted by molar-refractivity contribution is 1.18. The van der Waals surface area contributed by atoms with Crippen molar-refractivity contribution < 1.29 is 0 Å². The maximum absolute atomic E-state index is 2.40. The van der Waals surface area contributed by atoms with Crippen molar-refractivity contribution in [2.24, 2.45) is 0 Å². The van der Waals surface area contributed by atoms with Crippen LogP contribution in [0.15, 0.2) is 200 Å². The molecule has 0 saturated carbocycles. The molecule has 0 unspecified atom stereocenters. The standard InChI is InChI=1S/C54H40N2/c1-3-13-47-37(2)22-23-43-34-46(32-33-48(43)47)55(52-20-11-9-18-49(52)40-14-5-4-6-15-40)44-28-24-38(25-29-44)39-26-30-45(31-27-39)56-53-21-12-10-19-50(53)51-35-41-16-7-8-17-42(41)36-54(51)56/h3-36H,1-2H3/b13-3-. The van der Waals surface area contributed by atoms with E-state index < -0.39 is 0 Å². The van der Waals surface area contributed by atoms with Gasteiger partial charge in [-0.1, -0.05) is 146 Å². The second-order valence-electron chi connectivity index (χ2n) is 14.6. The van der Waals surface area contributed by atoms with E-state index in [9.17, 15) is 0 Å². The van der Waals surface area contributed by atoms with E-state index in [0.29, 0.717) is 0 Å². The van der Waals surface area contributed by atoms with E-state index in [-0.39, 0.29) is 0 Å². The highest BCUT2D eigenvalue weighted by Gasteiger charge is 2.19. The van der Waals surface area contributed by atoms with Crippen LogP contribution in [0.2, 0.25) is 0 Å². The van der Waals surface area contributed by atoms with E-state index in [1.165, 1.54) is 76.7 Å². The molecule has 266 valence electrons. The summed E-state index contributed by atoms with van der Waals surface area (Å²) in [6, 6.07) is 70.8. The Hall–Kier alpha value is -7.16. The Kier molecular flexibility index (Phi) is 8.30. The van der Waals surface area contributed by atoms with Crippen molar-refractivity contribution in [3.05, 3.63) is 211 Å². The third kappa shape index (κ3) is 5.75. The highest BCUT2D eigenvalue weighted by atomic mass is 15.1. The third-order valence-corrected chi connectivity index (χ3v) is 11.2. The van der Waals surface area contributed by atoms with E-state index in [1.807, 2.05) is 0 Å². The Morgan fingerprint density at radius 2 is 1.11 bits per heavy atom. The van der Waals surface area contributed by atoms with Crippen LogP contribution in [-0.4, -0.2) is 4.57 Å². The average Bonchev–Trinajstić information content (AvgIpc) is 3.58. The Labute approximate surface area is 327 Å². The minimum Gasteiger partial charge on any atom is -0.310 e. The minimum absolute atomic E-state index is 1.10. The second-order valence-corrected chi connectivity index (χ2v) is 14.6. The van der Waals surface area contributed by atoms with Crippen LogP contribution < -0.4 is 4.90 Å². The van der Waals surface area contributed by atoms with Gasteiger partial charge in [-0.15, -0.1) is 0 Å². The molecule has 0 atom stereocenters. The normalized spacial score (nSPS) is 11.7. The molecule has 1 heterocycles. The minimum atomic E-state index is 1.10. The predicted molar refractivity (Wildman–Crippen MR) is 241 cm³/mol. The molecule has 0 spiro atoms. The number of fused-ring (bicyclic) bond motifs is 5. The van der Waals surface area contributed by atoms with Crippen LogP contribution in [0.4, 0.5) is 17.1 Å². The summed E-state index contributed by atoms with van der Waals surface area (Å²) in [5.41, 5.74) is 14.2. The molecular formula is C54H40N2. The number of anilines is 3. The molecule has 10 rings (SSSR count). The van der Waals surface area contributed by atoms with Gasteiger partial charge in [-0.3, -0.25) is 0 Å². The van der Waals surface area contributed by atoms with Crippen LogP contribution in [-0.2, 0) is 0 Å². The summed E-state index contributed by atoms with van der Waals surface area (Å²) in [6.45, 7) is 4.27. The lowest BCUT2D eigenvalue weighted by atomic mass is 9.97. The number of allylic oxidation sites excluding steroid dienone is 1. The monoisotopic (exact) mass is 716 g/mol. The molecule has 2 nitrogen and oxygen atoms in total. The zero-order valence-corrected chi connectivity index (χ0v) is 31.5. The summed E-state index contributed by atoms with van der Waals surface area (Å²) in [5.74, 6) is 0. The molecule has 56 heavy (non-hydrogen) atoms. The van der Waals surface area contributed by atoms with Gasteiger partial charge in [0.05, 0.1) is 16.7 Å². The molecule has 0 N–H and O–H groups in total. The average molecular weight is 717 g/mol. The zero-order valence-electron chi connectivity index (χ0n) is 31.5. The van der Waals surface area contributed by atoms with E-state index >= 15 is 0 Å². The number of nitrogens with zero attached hydrogens (tertiary/aromatic N) is 2. The lowest BCUT2D eigenvalue weighted by Gasteiger charge is -2.28. The van der Waals surface area contributed by atoms with Crippen molar-refractivity contribution in [1.82, 2.24) is 4.57 Å². The van der Waals surface area contributed by atoms with E-state index in [1.54, 1.807) is 0 Å². The summed E-state index contributed by atoms with van der Waals surface area (Å²) in [4.78, 5) is 2.40. The van der Waals surface area contributed by atoms with Crippen molar-refractivity contribution in [1.29, 1.82) is 0 Å². The van der Waals surface area contributed by atoms with Crippen molar-refractivity contribution in [2.75, 3.05) is 4.90 Å². The maximum Gasteiger partial charge on any atom is 0.0547 e. The van der Waals surface area contributed by atoms with Crippen LogP contribution in [0.25, 0.3) is 77.4 Å². The summed E-state index contributed by atoms with van der Waals surface area (Å²) < 4.78 is 2.40. The van der Waals surface area contributed by atoms with Gasteiger partial charge in [0.2, 0.25) is 0 Å². The van der Waals surface area contributed by atoms with Crippen LogP contribution in [0.1, 0.15) is 18.1 Å². The molecule has 0 saturated heterocycles. The fourth-order valence-corrected chi connectivity index (χ4v) is 8.47. The first kappa shape index (κ1) is 33.4. The first-order valence-corrected chi connectivity index (χ1v) is 19.4. The van der Waals surface area contributed by atoms with E-state index in [4.69, 9.17) is 0 Å². The molecule has 0 aliphatic rings. The van der Waals surface area contributed by atoms with E-state index in [0.717, 1.165) is 22.7 Å². The first-order chi connectivity index (χ1) is 27.6. The fourth-order valence-electron chi connectivity index (χ4n) is 8.47. The maximum atomic E-state index is 2.40. The molecule has 10 aromatic rings. The Morgan fingerprint density at radius 3 is 1.89 bits per heavy atom. The van der Waals surface area contributed by atoms with Gasteiger partial charge < -0.3 is 9.47 Å². The third-order valence-electron chi connectivity index (χ3n) is 11.2. The number of hydrogen-bond donors (Lipinski definition) is 0. The molecule has 0 fully saturated rings. The molecule has 1 aromatic heterocycles. The number of hydrogen-bond acceptors (Lipinski definition) is 1. The van der Waals surface area contributed by atoms with Gasteiger partial charge in [0.15, 0.2) is 0 Å². The highest BCUT2D eigenvalue weighted by molar-refractivity contribution is 6.13. The van der Waals surface area contributed by atoms with Crippen molar-refractivity contribution in [3.63, 3.8) is 0 Å². The Balaban J connectivity index is 1.06. The summed E-state index contributed by atoms with van der Waals surface area (Å²) in [5, 5.41) is 7.53. The van der Waals surface area contributed by atoms with Gasteiger partial charge in [-0.2, -0.15) is 0 Å². The molecule has 9 aromatic carbocycles. The number of para-hydroxylation sites is 2. The molecule has 0 radical (unpaired) electrons. The molecule has 0 aliphatic carbocycles. The molecule has 0 aliphatic heterocycles. The van der Waals surface area contributed by atoms with Gasteiger partial charge in [0.25, 0.3) is 0 Å². The predicted octanol–water partition coefficient (Wildman–Crippen LogP) is 15.2. The van der Waals surface area contributed by atoms with Gasteiger partial charge in [-0.25, -0.2) is 0 Å². The SMILES string of the molecule is C/C=C\c1c(C)ccc2cc(N(c3ccc(-c4ccc(-n5c6ccccc6c6cc7ccccc7cc65)cc4)cc3)c3ccccc3-c3ccccc3)ccc12. The Morgan fingerprint density at radius 1 is 0.446 bits per heavy atom. The summed E-state index contributed by atoms with van der Waals surface area (Å²) in [6.07, 6.45) is 4.34. The number of aromatic nitrogens is 1. The van der Waals surface area contributed by atoms with Gasteiger partial charge in [0.1, 0.15) is 0 Å². The van der Waals surface area contributed by atoms with E-state index in [2.05, 4.69) is 230 Å². The van der Waals surface area contributed by atoms with Crippen LogP contribution in [0.5, 0.6) is 0 Å². The topological polar surface area (TPSA) is 8.17 Å². The van der Waals surface area contributed by atoms with Crippen LogP contribution in [0.3, 0.4) is 0 Å². The fraction of sp³-hybridized carbons (Fsp3) is 0.0370. The second kappa shape index (κ2) is 13.9. The molecule has 0 amide bonds. The first-order valence-electron chi connectivity index (χ1n) is 19.4. The Bertz CT molecular complexity index is 3080. The zero-order chi connectivity index (χ0) is 37.6. The van der Waals surface area contributed by atoms with Gasteiger partial charge in [-0.05, 0) is 124 Å². The van der Waals surface area contributed by atoms with Crippen molar-refractivity contribution in [2.45, 2.75) is 13.8 Å². The number of benzene rings is 9. The molecular weight excluding hydrogens is 677 g/mol. The smallest absolute Gasteiger partial charge is 0.0547 e. The largest absolute Gasteiger partial charge is 0.310 e. The summed E-state index contributed by atoms with van der Waals surface area (Å²) in [7, 11) is 0. The van der Waals surface area contributed by atoms with Crippen molar-refractivity contribution in [3.8, 4) is 27.9 Å². The van der Waals surface area contributed by atoms with Crippen molar-refractivity contribution >= 4 is 66.5 Å². The lowest BCUT2D eigenvalue weighted by Crippen LogP contribution is -2.11. The van der Waals surface area contributed by atoms with Gasteiger partial charge in [0, 0.05) is 33.4 Å². The quantitative estimate of drug-likeness (QED) is 0.159. The number of aryl methyl sites for hydroxylation is 1. The van der Waals surface area contributed by atoms with Gasteiger partial charge >= 0.3 is 0 Å². The van der Waals surface area contributed by atoms with Crippen LogP contribution in [0, 0.1) is 6.92 Å². The molecule has 2 heteroatoms. The number of rotatable bonds is 7. The highest BCUT2D eigenvalue weighted by Crippen LogP contribution is 2.43.